The van der Waals surface area contributed by atoms with Crippen LogP contribution in [0.4, 0.5) is 14.5 Å². The van der Waals surface area contributed by atoms with Crippen LogP contribution in [0.15, 0.2) is 40.9 Å². The van der Waals surface area contributed by atoms with Gasteiger partial charge in [-0.2, -0.15) is 0 Å². The fourth-order valence-electron chi connectivity index (χ4n) is 1.47. The molecule has 0 saturated heterocycles. The van der Waals surface area contributed by atoms with Gasteiger partial charge in [0.25, 0.3) is 0 Å². The first kappa shape index (κ1) is 12.8. The maximum atomic E-state index is 13.1. The Bertz CT molecular complexity index is 555. The largest absolute Gasteiger partial charge is 0.489 e. The molecule has 0 aliphatic carbocycles. The number of benzene rings is 2. The van der Waals surface area contributed by atoms with Crippen LogP contribution in [0.3, 0.4) is 0 Å². The Morgan fingerprint density at radius 3 is 2.56 bits per heavy atom. The van der Waals surface area contributed by atoms with E-state index < -0.39 is 5.82 Å². The minimum atomic E-state index is -0.411. The molecule has 0 atom stereocenters. The monoisotopic (exact) mass is 313 g/mol. The highest BCUT2D eigenvalue weighted by Crippen LogP contribution is 2.22. The molecular formula is C13H10BrF2NO. The third-order valence-corrected chi connectivity index (χ3v) is 2.79. The van der Waals surface area contributed by atoms with Gasteiger partial charge >= 0.3 is 0 Å². The minimum Gasteiger partial charge on any atom is -0.489 e. The summed E-state index contributed by atoms with van der Waals surface area (Å²) < 4.78 is 32.1. The van der Waals surface area contributed by atoms with Crippen molar-refractivity contribution in [2.24, 2.45) is 0 Å². The van der Waals surface area contributed by atoms with Gasteiger partial charge < -0.3 is 10.5 Å². The van der Waals surface area contributed by atoms with Gasteiger partial charge in [0.15, 0.2) is 0 Å². The van der Waals surface area contributed by atoms with Crippen molar-refractivity contribution in [2.75, 3.05) is 5.73 Å². The number of rotatable bonds is 3. The SMILES string of the molecule is Nc1ccc(F)cc1COc1cc(F)cc(Br)c1. The highest BCUT2D eigenvalue weighted by Gasteiger charge is 2.04. The van der Waals surface area contributed by atoms with E-state index in [1.165, 1.54) is 30.3 Å². The topological polar surface area (TPSA) is 35.2 Å². The maximum Gasteiger partial charge on any atom is 0.128 e. The van der Waals surface area contributed by atoms with Crippen molar-refractivity contribution in [2.45, 2.75) is 6.61 Å². The second-order valence-corrected chi connectivity index (χ2v) is 4.65. The van der Waals surface area contributed by atoms with E-state index in [1.807, 2.05) is 0 Å². The predicted molar refractivity (Wildman–Crippen MR) is 69.2 cm³/mol. The van der Waals surface area contributed by atoms with Gasteiger partial charge in [-0.15, -0.1) is 0 Å². The number of anilines is 1. The Kier molecular flexibility index (Phi) is 3.81. The number of nitrogens with two attached hydrogens (primary N) is 1. The molecule has 0 spiro atoms. The number of nitrogen functional groups attached to an aromatic ring is 1. The number of halogens is 3. The molecule has 0 bridgehead atoms. The van der Waals surface area contributed by atoms with Crippen LogP contribution in [0, 0.1) is 11.6 Å². The normalized spacial score (nSPS) is 10.4. The van der Waals surface area contributed by atoms with Crippen LogP contribution >= 0.6 is 15.9 Å². The molecule has 0 aromatic heterocycles. The molecule has 2 rings (SSSR count). The van der Waals surface area contributed by atoms with Crippen LogP contribution in [0.1, 0.15) is 5.56 Å². The summed E-state index contributed by atoms with van der Waals surface area (Å²) in [7, 11) is 0. The average molecular weight is 314 g/mol. The summed E-state index contributed by atoms with van der Waals surface area (Å²) in [5.41, 5.74) is 6.64. The Morgan fingerprint density at radius 1 is 1.06 bits per heavy atom. The first-order valence-corrected chi connectivity index (χ1v) is 5.97. The summed E-state index contributed by atoms with van der Waals surface area (Å²) >= 11 is 3.16. The van der Waals surface area contributed by atoms with Crippen LogP contribution in [0.2, 0.25) is 0 Å². The van der Waals surface area contributed by atoms with Crippen LogP contribution in [-0.2, 0) is 6.61 Å². The van der Waals surface area contributed by atoms with Crippen molar-refractivity contribution in [3.8, 4) is 5.75 Å². The molecule has 94 valence electrons. The molecule has 0 unspecified atom stereocenters. The smallest absolute Gasteiger partial charge is 0.128 e. The summed E-state index contributed by atoms with van der Waals surface area (Å²) in [4.78, 5) is 0. The summed E-state index contributed by atoms with van der Waals surface area (Å²) in [6, 6.07) is 8.24. The van der Waals surface area contributed by atoms with Gasteiger partial charge in [0.1, 0.15) is 24.0 Å². The van der Waals surface area contributed by atoms with E-state index in [0.29, 0.717) is 21.5 Å². The summed E-state index contributed by atoms with van der Waals surface area (Å²) in [6.07, 6.45) is 0. The quantitative estimate of drug-likeness (QED) is 0.873. The first-order valence-electron chi connectivity index (χ1n) is 5.17. The predicted octanol–water partition coefficient (Wildman–Crippen LogP) is 3.89. The Morgan fingerprint density at radius 2 is 1.83 bits per heavy atom. The zero-order valence-corrected chi connectivity index (χ0v) is 10.9. The zero-order chi connectivity index (χ0) is 13.1. The summed E-state index contributed by atoms with van der Waals surface area (Å²) in [6.45, 7) is 0.0828. The molecule has 0 amide bonds. The van der Waals surface area contributed by atoms with Gasteiger partial charge in [-0.25, -0.2) is 8.78 Å². The molecule has 2 aromatic carbocycles. The molecule has 0 saturated carbocycles. The lowest BCUT2D eigenvalue weighted by Gasteiger charge is -2.09. The van der Waals surface area contributed by atoms with Crippen molar-refractivity contribution in [3.05, 3.63) is 58.1 Å². The molecule has 2 N–H and O–H groups in total. The van der Waals surface area contributed by atoms with Gasteiger partial charge in [-0.1, -0.05) is 15.9 Å². The maximum absolute atomic E-state index is 13.1. The lowest BCUT2D eigenvalue weighted by atomic mass is 10.2. The number of hydrogen-bond acceptors (Lipinski definition) is 2. The van der Waals surface area contributed by atoms with Crippen LogP contribution in [-0.4, -0.2) is 0 Å². The van der Waals surface area contributed by atoms with E-state index in [9.17, 15) is 8.78 Å². The Balaban J connectivity index is 2.13. The Hall–Kier alpha value is -1.62. The summed E-state index contributed by atoms with van der Waals surface area (Å²) in [5, 5.41) is 0. The van der Waals surface area contributed by atoms with E-state index >= 15 is 0 Å². The van der Waals surface area contributed by atoms with Gasteiger partial charge in [0.2, 0.25) is 0 Å². The molecule has 0 aliphatic rings. The van der Waals surface area contributed by atoms with Gasteiger partial charge in [-0.05, 0) is 30.3 Å². The molecule has 0 aliphatic heterocycles. The standard InChI is InChI=1S/C13H10BrF2NO/c14-9-4-11(16)6-12(5-9)18-7-8-3-10(15)1-2-13(8)17/h1-6H,7,17H2. The lowest BCUT2D eigenvalue weighted by Crippen LogP contribution is -2.01. The highest BCUT2D eigenvalue weighted by atomic mass is 79.9. The number of hydrogen-bond donors (Lipinski definition) is 1. The van der Waals surface area contributed by atoms with E-state index in [4.69, 9.17) is 10.5 Å². The molecular weight excluding hydrogens is 304 g/mol. The van der Waals surface area contributed by atoms with Crippen molar-refractivity contribution in [3.63, 3.8) is 0 Å². The van der Waals surface area contributed by atoms with E-state index in [2.05, 4.69) is 15.9 Å². The third kappa shape index (κ3) is 3.20. The van der Waals surface area contributed by atoms with Crippen molar-refractivity contribution < 1.29 is 13.5 Å². The summed E-state index contributed by atoms with van der Waals surface area (Å²) in [5.74, 6) is -0.444. The van der Waals surface area contributed by atoms with Crippen LogP contribution in [0.5, 0.6) is 5.75 Å². The average Bonchev–Trinajstić information content (AvgIpc) is 2.29. The molecule has 2 aromatic rings. The third-order valence-electron chi connectivity index (χ3n) is 2.34. The zero-order valence-electron chi connectivity index (χ0n) is 9.29. The first-order chi connectivity index (χ1) is 8.54. The second kappa shape index (κ2) is 5.35. The second-order valence-electron chi connectivity index (χ2n) is 3.74. The van der Waals surface area contributed by atoms with Crippen LogP contribution in [0.25, 0.3) is 0 Å². The van der Waals surface area contributed by atoms with Crippen LogP contribution < -0.4 is 10.5 Å². The fourth-order valence-corrected chi connectivity index (χ4v) is 1.92. The highest BCUT2D eigenvalue weighted by molar-refractivity contribution is 9.10. The molecule has 5 heteroatoms. The van der Waals surface area contributed by atoms with Gasteiger partial charge in [-0.3, -0.25) is 0 Å². The van der Waals surface area contributed by atoms with E-state index in [-0.39, 0.29) is 12.4 Å². The van der Waals surface area contributed by atoms with Crippen molar-refractivity contribution >= 4 is 21.6 Å². The van der Waals surface area contributed by atoms with Gasteiger partial charge in [0.05, 0.1) is 0 Å². The van der Waals surface area contributed by atoms with Gasteiger partial charge in [0, 0.05) is 21.8 Å². The van der Waals surface area contributed by atoms with E-state index in [0.717, 1.165) is 0 Å². The molecule has 0 radical (unpaired) electrons. The molecule has 0 heterocycles. The number of ether oxygens (including phenoxy) is 1. The van der Waals surface area contributed by atoms with E-state index in [1.54, 1.807) is 6.07 Å². The van der Waals surface area contributed by atoms with Crippen molar-refractivity contribution in [1.82, 2.24) is 0 Å². The molecule has 0 fully saturated rings. The minimum absolute atomic E-state index is 0.0828. The molecule has 18 heavy (non-hydrogen) atoms. The van der Waals surface area contributed by atoms with Crippen molar-refractivity contribution in [1.29, 1.82) is 0 Å². The molecule has 2 nitrogen and oxygen atoms in total. The lowest BCUT2D eigenvalue weighted by molar-refractivity contribution is 0.304. The fraction of sp³-hybridized carbons (Fsp3) is 0.0769. The Labute approximate surface area is 112 Å².